The van der Waals surface area contributed by atoms with Crippen LogP contribution in [-0.2, 0) is 6.54 Å². The molecule has 2 rings (SSSR count). The van der Waals surface area contributed by atoms with Crippen molar-refractivity contribution in [3.63, 3.8) is 0 Å². The van der Waals surface area contributed by atoms with Gasteiger partial charge in [-0.3, -0.25) is 4.90 Å². The Hall–Kier alpha value is -1.84. The Kier molecular flexibility index (Phi) is 5.78. The van der Waals surface area contributed by atoms with Gasteiger partial charge in [0.15, 0.2) is 0 Å². The van der Waals surface area contributed by atoms with Gasteiger partial charge in [0.2, 0.25) is 0 Å². The summed E-state index contributed by atoms with van der Waals surface area (Å²) in [5.41, 5.74) is 7.90. The van der Waals surface area contributed by atoms with Gasteiger partial charge in [0.1, 0.15) is 5.75 Å². The van der Waals surface area contributed by atoms with E-state index in [1.165, 1.54) is 5.56 Å². The van der Waals surface area contributed by atoms with Crippen LogP contribution in [-0.4, -0.2) is 23.1 Å². The molecule has 3 N–H and O–H groups in total. The second kappa shape index (κ2) is 7.81. The normalized spacial score (nSPS) is 12.5. The summed E-state index contributed by atoms with van der Waals surface area (Å²) in [6.45, 7) is 4.59. The van der Waals surface area contributed by atoms with Crippen LogP contribution in [0.5, 0.6) is 5.75 Å². The Morgan fingerprint density at radius 2 is 1.71 bits per heavy atom. The number of phenols is 1. The molecule has 0 bridgehead atoms. The SMILES string of the molecule is CC(c1ccccc1O)N(CCCN)Cc1ccccc1. The topological polar surface area (TPSA) is 49.5 Å². The lowest BCUT2D eigenvalue weighted by Crippen LogP contribution is -2.29. The molecular weight excluding hydrogens is 260 g/mol. The van der Waals surface area contributed by atoms with E-state index in [0.717, 1.165) is 25.1 Å². The molecule has 1 atom stereocenters. The van der Waals surface area contributed by atoms with Gasteiger partial charge < -0.3 is 10.8 Å². The molecule has 3 nitrogen and oxygen atoms in total. The Balaban J connectivity index is 2.17. The number of rotatable bonds is 7. The van der Waals surface area contributed by atoms with Crippen molar-refractivity contribution in [2.45, 2.75) is 25.9 Å². The molecule has 0 amide bonds. The average molecular weight is 284 g/mol. The molecule has 0 aliphatic heterocycles. The smallest absolute Gasteiger partial charge is 0.120 e. The molecule has 0 aliphatic carbocycles. The van der Waals surface area contributed by atoms with Crippen LogP contribution in [0.1, 0.15) is 30.5 Å². The zero-order valence-electron chi connectivity index (χ0n) is 12.6. The van der Waals surface area contributed by atoms with Crippen LogP contribution in [0.25, 0.3) is 0 Å². The average Bonchev–Trinajstić information content (AvgIpc) is 2.52. The number of aromatic hydroxyl groups is 1. The fourth-order valence-electron chi connectivity index (χ4n) is 2.56. The molecule has 0 saturated heterocycles. The third-order valence-electron chi connectivity index (χ3n) is 3.81. The zero-order valence-corrected chi connectivity index (χ0v) is 12.6. The fraction of sp³-hybridized carbons (Fsp3) is 0.333. The molecule has 0 radical (unpaired) electrons. The number of hydrogen-bond donors (Lipinski definition) is 2. The molecule has 0 heterocycles. The monoisotopic (exact) mass is 284 g/mol. The van der Waals surface area contributed by atoms with E-state index < -0.39 is 0 Å². The van der Waals surface area contributed by atoms with Crippen LogP contribution < -0.4 is 5.73 Å². The lowest BCUT2D eigenvalue weighted by atomic mass is 10.0. The maximum Gasteiger partial charge on any atom is 0.120 e. The van der Waals surface area contributed by atoms with E-state index in [1.54, 1.807) is 6.07 Å². The number of para-hydroxylation sites is 1. The molecule has 3 heteroatoms. The molecule has 2 aromatic carbocycles. The van der Waals surface area contributed by atoms with E-state index in [4.69, 9.17) is 5.73 Å². The summed E-state index contributed by atoms with van der Waals surface area (Å²) in [6.07, 6.45) is 0.949. The number of nitrogens with two attached hydrogens (primary N) is 1. The Labute approximate surface area is 127 Å². The third-order valence-corrected chi connectivity index (χ3v) is 3.81. The molecule has 21 heavy (non-hydrogen) atoms. The van der Waals surface area contributed by atoms with Gasteiger partial charge in [-0.25, -0.2) is 0 Å². The predicted octanol–water partition coefficient (Wildman–Crippen LogP) is 3.30. The highest BCUT2D eigenvalue weighted by molar-refractivity contribution is 5.34. The van der Waals surface area contributed by atoms with Crippen molar-refractivity contribution >= 4 is 0 Å². The summed E-state index contributed by atoms with van der Waals surface area (Å²) in [6, 6.07) is 18.1. The van der Waals surface area contributed by atoms with Crippen LogP contribution in [0.15, 0.2) is 54.6 Å². The van der Waals surface area contributed by atoms with Crippen LogP contribution >= 0.6 is 0 Å². The largest absolute Gasteiger partial charge is 0.508 e. The quantitative estimate of drug-likeness (QED) is 0.820. The molecule has 112 valence electrons. The number of nitrogens with zero attached hydrogens (tertiary/aromatic N) is 1. The minimum absolute atomic E-state index is 0.151. The predicted molar refractivity (Wildman–Crippen MR) is 87.0 cm³/mol. The third kappa shape index (κ3) is 4.31. The molecule has 0 aliphatic rings. The highest BCUT2D eigenvalue weighted by atomic mass is 16.3. The van der Waals surface area contributed by atoms with Crippen molar-refractivity contribution in [3.05, 3.63) is 65.7 Å². The first-order chi connectivity index (χ1) is 10.2. The summed E-state index contributed by atoms with van der Waals surface area (Å²) >= 11 is 0. The van der Waals surface area contributed by atoms with Crippen molar-refractivity contribution < 1.29 is 5.11 Å². The van der Waals surface area contributed by atoms with E-state index in [2.05, 4.69) is 36.1 Å². The van der Waals surface area contributed by atoms with Crippen molar-refractivity contribution in [2.75, 3.05) is 13.1 Å². The van der Waals surface area contributed by atoms with Gasteiger partial charge in [0, 0.05) is 24.7 Å². The molecular formula is C18H24N2O. The lowest BCUT2D eigenvalue weighted by Gasteiger charge is -2.30. The summed E-state index contributed by atoms with van der Waals surface area (Å²) in [5.74, 6) is 0.357. The van der Waals surface area contributed by atoms with Gasteiger partial charge in [-0.2, -0.15) is 0 Å². The summed E-state index contributed by atoms with van der Waals surface area (Å²) in [4.78, 5) is 2.36. The molecule has 0 saturated carbocycles. The van der Waals surface area contributed by atoms with Crippen molar-refractivity contribution in [2.24, 2.45) is 5.73 Å². The maximum absolute atomic E-state index is 10.1. The zero-order chi connectivity index (χ0) is 15.1. The highest BCUT2D eigenvalue weighted by Gasteiger charge is 2.18. The fourth-order valence-corrected chi connectivity index (χ4v) is 2.56. The second-order valence-electron chi connectivity index (χ2n) is 5.33. The Bertz CT molecular complexity index is 542. The van der Waals surface area contributed by atoms with Crippen molar-refractivity contribution in [3.8, 4) is 5.75 Å². The van der Waals surface area contributed by atoms with E-state index in [0.29, 0.717) is 12.3 Å². The van der Waals surface area contributed by atoms with E-state index in [1.807, 2.05) is 24.3 Å². The lowest BCUT2D eigenvalue weighted by molar-refractivity contribution is 0.197. The molecule has 0 fully saturated rings. The number of hydrogen-bond acceptors (Lipinski definition) is 3. The van der Waals surface area contributed by atoms with Gasteiger partial charge in [0.05, 0.1) is 0 Å². The van der Waals surface area contributed by atoms with Crippen LogP contribution in [0.4, 0.5) is 0 Å². The first-order valence-electron chi connectivity index (χ1n) is 7.48. The Morgan fingerprint density at radius 1 is 1.05 bits per heavy atom. The van der Waals surface area contributed by atoms with Gasteiger partial charge >= 0.3 is 0 Å². The van der Waals surface area contributed by atoms with Crippen molar-refractivity contribution in [1.82, 2.24) is 4.90 Å². The van der Waals surface area contributed by atoms with E-state index in [-0.39, 0.29) is 6.04 Å². The first kappa shape index (κ1) is 15.5. The van der Waals surface area contributed by atoms with Crippen molar-refractivity contribution in [1.29, 1.82) is 0 Å². The molecule has 1 unspecified atom stereocenters. The number of phenolic OH excluding ortho intramolecular Hbond substituents is 1. The van der Waals surface area contributed by atoms with E-state index >= 15 is 0 Å². The second-order valence-corrected chi connectivity index (χ2v) is 5.33. The Morgan fingerprint density at radius 3 is 2.38 bits per heavy atom. The summed E-state index contributed by atoms with van der Waals surface area (Å²) < 4.78 is 0. The van der Waals surface area contributed by atoms with Gasteiger partial charge in [-0.15, -0.1) is 0 Å². The van der Waals surface area contributed by atoms with Crippen LogP contribution in [0, 0.1) is 0 Å². The van der Waals surface area contributed by atoms with Gasteiger partial charge in [-0.05, 0) is 31.5 Å². The van der Waals surface area contributed by atoms with Gasteiger partial charge in [-0.1, -0.05) is 48.5 Å². The molecule has 0 spiro atoms. The highest BCUT2D eigenvalue weighted by Crippen LogP contribution is 2.29. The number of benzene rings is 2. The summed E-state index contributed by atoms with van der Waals surface area (Å²) in [7, 11) is 0. The minimum Gasteiger partial charge on any atom is -0.508 e. The van der Waals surface area contributed by atoms with Crippen LogP contribution in [0.3, 0.4) is 0 Å². The first-order valence-corrected chi connectivity index (χ1v) is 7.48. The van der Waals surface area contributed by atoms with E-state index in [9.17, 15) is 5.11 Å². The molecule has 2 aromatic rings. The van der Waals surface area contributed by atoms with Crippen LogP contribution in [0.2, 0.25) is 0 Å². The molecule has 0 aromatic heterocycles. The summed E-state index contributed by atoms with van der Waals surface area (Å²) in [5, 5.41) is 10.1. The standard InChI is InChI=1S/C18H24N2O/c1-15(17-10-5-6-11-18(17)21)20(13-7-12-19)14-16-8-3-2-4-9-16/h2-6,8-11,15,21H,7,12-14,19H2,1H3. The maximum atomic E-state index is 10.1. The van der Waals surface area contributed by atoms with Gasteiger partial charge in [0.25, 0.3) is 0 Å². The minimum atomic E-state index is 0.151.